The van der Waals surface area contributed by atoms with E-state index in [-0.39, 0.29) is 0 Å². The van der Waals surface area contributed by atoms with Gasteiger partial charge in [0.05, 0.1) is 11.9 Å². The van der Waals surface area contributed by atoms with E-state index in [0.717, 1.165) is 11.4 Å². The third-order valence-corrected chi connectivity index (χ3v) is 2.14. The molecule has 0 saturated heterocycles. The molecule has 0 radical (unpaired) electrons. The number of ether oxygens (including phenoxy) is 1. The lowest BCUT2D eigenvalue weighted by molar-refractivity contribution is 0.462. The van der Waals surface area contributed by atoms with Gasteiger partial charge >= 0.3 is 0 Å². The molecule has 0 amide bonds. The largest absolute Gasteiger partial charge is 0.435 e. The van der Waals surface area contributed by atoms with Crippen LogP contribution in [0.15, 0.2) is 36.7 Å². The molecule has 0 aromatic carbocycles. The number of nitrogens with one attached hydrogen (secondary N) is 1. The molecule has 0 spiro atoms. The van der Waals surface area contributed by atoms with Gasteiger partial charge in [-0.05, 0) is 31.2 Å². The van der Waals surface area contributed by atoms with Crippen LogP contribution in [0.1, 0.15) is 5.69 Å². The van der Waals surface area contributed by atoms with Crippen molar-refractivity contribution in [1.82, 2.24) is 9.97 Å². The van der Waals surface area contributed by atoms with Crippen molar-refractivity contribution >= 4 is 5.69 Å². The van der Waals surface area contributed by atoms with Crippen molar-refractivity contribution in [2.24, 2.45) is 0 Å². The zero-order chi connectivity index (χ0) is 11.4. The van der Waals surface area contributed by atoms with Crippen molar-refractivity contribution < 1.29 is 4.74 Å². The maximum atomic E-state index is 5.62. The zero-order valence-electron chi connectivity index (χ0n) is 9.27. The van der Waals surface area contributed by atoms with Gasteiger partial charge < -0.3 is 10.1 Å². The normalized spacial score (nSPS) is 9.88. The van der Waals surface area contributed by atoms with Gasteiger partial charge in [0.2, 0.25) is 5.88 Å². The standard InChI is InChI=1S/C12H13N3O/c1-9-5-6-10(8-15-9)16-12-11(13-2)4-3-7-14-12/h3-8,13H,1-2H3. The lowest BCUT2D eigenvalue weighted by Gasteiger charge is -2.08. The molecule has 0 aliphatic heterocycles. The molecule has 0 unspecified atom stereocenters. The minimum atomic E-state index is 0.552. The number of rotatable bonds is 3. The van der Waals surface area contributed by atoms with Crippen molar-refractivity contribution in [3.63, 3.8) is 0 Å². The Morgan fingerprint density at radius 1 is 1.19 bits per heavy atom. The zero-order valence-corrected chi connectivity index (χ0v) is 9.27. The third kappa shape index (κ3) is 2.28. The van der Waals surface area contributed by atoms with Crippen molar-refractivity contribution in [2.75, 3.05) is 12.4 Å². The number of pyridine rings is 2. The van der Waals surface area contributed by atoms with Gasteiger partial charge in [0, 0.05) is 18.9 Å². The van der Waals surface area contributed by atoms with Gasteiger partial charge in [-0.1, -0.05) is 0 Å². The van der Waals surface area contributed by atoms with E-state index < -0.39 is 0 Å². The summed E-state index contributed by atoms with van der Waals surface area (Å²) in [7, 11) is 1.83. The molecule has 2 rings (SSSR count). The summed E-state index contributed by atoms with van der Waals surface area (Å²) in [5.41, 5.74) is 1.81. The van der Waals surface area contributed by atoms with E-state index >= 15 is 0 Å². The average molecular weight is 215 g/mol. The van der Waals surface area contributed by atoms with E-state index in [4.69, 9.17) is 4.74 Å². The number of anilines is 1. The Morgan fingerprint density at radius 2 is 2.06 bits per heavy atom. The molecule has 1 N–H and O–H groups in total. The van der Waals surface area contributed by atoms with E-state index in [1.54, 1.807) is 12.4 Å². The first-order chi connectivity index (χ1) is 7.79. The van der Waals surface area contributed by atoms with Crippen LogP contribution in [-0.2, 0) is 0 Å². The molecule has 0 fully saturated rings. The molecule has 2 aromatic rings. The van der Waals surface area contributed by atoms with E-state index in [1.165, 1.54) is 0 Å². The highest BCUT2D eigenvalue weighted by molar-refractivity contribution is 5.52. The second kappa shape index (κ2) is 4.61. The van der Waals surface area contributed by atoms with E-state index in [0.29, 0.717) is 11.6 Å². The minimum Gasteiger partial charge on any atom is -0.435 e. The third-order valence-electron chi connectivity index (χ3n) is 2.14. The fourth-order valence-corrected chi connectivity index (χ4v) is 1.29. The second-order valence-corrected chi connectivity index (χ2v) is 3.34. The molecular weight excluding hydrogens is 202 g/mol. The van der Waals surface area contributed by atoms with Crippen molar-refractivity contribution in [2.45, 2.75) is 6.92 Å². The van der Waals surface area contributed by atoms with Gasteiger partial charge in [-0.15, -0.1) is 0 Å². The second-order valence-electron chi connectivity index (χ2n) is 3.34. The Morgan fingerprint density at radius 3 is 2.75 bits per heavy atom. The Hall–Kier alpha value is -2.10. The van der Waals surface area contributed by atoms with Crippen LogP contribution in [0.25, 0.3) is 0 Å². The summed E-state index contributed by atoms with van der Waals surface area (Å²) in [6.45, 7) is 1.93. The summed E-state index contributed by atoms with van der Waals surface area (Å²) < 4.78 is 5.62. The van der Waals surface area contributed by atoms with Crippen molar-refractivity contribution in [3.8, 4) is 11.6 Å². The highest BCUT2D eigenvalue weighted by atomic mass is 16.5. The summed E-state index contributed by atoms with van der Waals surface area (Å²) in [5.74, 6) is 1.23. The van der Waals surface area contributed by atoms with Crippen LogP contribution in [-0.4, -0.2) is 17.0 Å². The van der Waals surface area contributed by atoms with Crippen LogP contribution in [0.3, 0.4) is 0 Å². The van der Waals surface area contributed by atoms with Crippen LogP contribution in [0, 0.1) is 6.92 Å². The Kier molecular flexibility index (Phi) is 3.00. The lowest BCUT2D eigenvalue weighted by Crippen LogP contribution is -1.95. The van der Waals surface area contributed by atoms with Gasteiger partial charge in [-0.25, -0.2) is 4.98 Å². The number of hydrogen-bond acceptors (Lipinski definition) is 4. The summed E-state index contributed by atoms with van der Waals surface area (Å²) in [6.07, 6.45) is 3.38. The fraction of sp³-hybridized carbons (Fsp3) is 0.167. The molecule has 4 nitrogen and oxygen atoms in total. The van der Waals surface area contributed by atoms with E-state index in [9.17, 15) is 0 Å². The molecular formula is C12H13N3O. The molecule has 82 valence electrons. The lowest BCUT2D eigenvalue weighted by atomic mass is 10.3. The monoisotopic (exact) mass is 215 g/mol. The first kappa shape index (κ1) is 10.4. The predicted molar refractivity (Wildman–Crippen MR) is 62.8 cm³/mol. The van der Waals surface area contributed by atoms with Crippen LogP contribution in [0.2, 0.25) is 0 Å². The van der Waals surface area contributed by atoms with E-state index in [1.807, 2.05) is 38.2 Å². The van der Waals surface area contributed by atoms with Crippen LogP contribution < -0.4 is 10.1 Å². The topological polar surface area (TPSA) is 47.0 Å². The molecule has 0 aliphatic rings. The molecule has 0 aliphatic carbocycles. The number of hydrogen-bond donors (Lipinski definition) is 1. The molecule has 0 saturated carbocycles. The predicted octanol–water partition coefficient (Wildman–Crippen LogP) is 2.62. The number of aromatic nitrogens is 2. The average Bonchev–Trinajstić information content (AvgIpc) is 2.33. The van der Waals surface area contributed by atoms with Gasteiger partial charge in [0.25, 0.3) is 0 Å². The Labute approximate surface area is 94.3 Å². The number of aryl methyl sites for hydroxylation is 1. The quantitative estimate of drug-likeness (QED) is 0.855. The fourth-order valence-electron chi connectivity index (χ4n) is 1.29. The van der Waals surface area contributed by atoms with Gasteiger partial charge in [-0.3, -0.25) is 4.98 Å². The maximum absolute atomic E-state index is 5.62. The summed E-state index contributed by atoms with van der Waals surface area (Å²) >= 11 is 0. The summed E-state index contributed by atoms with van der Waals surface area (Å²) in [6, 6.07) is 7.53. The smallest absolute Gasteiger partial charge is 0.242 e. The molecule has 16 heavy (non-hydrogen) atoms. The van der Waals surface area contributed by atoms with Crippen molar-refractivity contribution in [3.05, 3.63) is 42.4 Å². The van der Waals surface area contributed by atoms with Gasteiger partial charge in [-0.2, -0.15) is 0 Å². The SMILES string of the molecule is CNc1cccnc1Oc1ccc(C)nc1. The molecule has 4 heteroatoms. The highest BCUT2D eigenvalue weighted by Gasteiger charge is 2.03. The Balaban J connectivity index is 2.23. The van der Waals surface area contributed by atoms with Gasteiger partial charge in [0.15, 0.2) is 0 Å². The Bertz CT molecular complexity index is 468. The van der Waals surface area contributed by atoms with Crippen LogP contribution in [0.5, 0.6) is 11.6 Å². The van der Waals surface area contributed by atoms with Crippen LogP contribution in [0.4, 0.5) is 5.69 Å². The minimum absolute atomic E-state index is 0.552. The van der Waals surface area contributed by atoms with E-state index in [2.05, 4.69) is 15.3 Å². The first-order valence-corrected chi connectivity index (χ1v) is 5.03. The maximum Gasteiger partial charge on any atom is 0.242 e. The highest BCUT2D eigenvalue weighted by Crippen LogP contribution is 2.25. The van der Waals surface area contributed by atoms with Crippen LogP contribution >= 0.6 is 0 Å². The number of nitrogens with zero attached hydrogens (tertiary/aromatic N) is 2. The first-order valence-electron chi connectivity index (χ1n) is 5.03. The molecule has 2 heterocycles. The van der Waals surface area contributed by atoms with Gasteiger partial charge in [0.1, 0.15) is 5.75 Å². The molecule has 2 aromatic heterocycles. The summed E-state index contributed by atoms with van der Waals surface area (Å²) in [4.78, 5) is 8.31. The molecule has 0 atom stereocenters. The molecule has 0 bridgehead atoms. The summed E-state index contributed by atoms with van der Waals surface area (Å²) in [5, 5.41) is 3.02. The van der Waals surface area contributed by atoms with Crippen molar-refractivity contribution in [1.29, 1.82) is 0 Å².